The summed E-state index contributed by atoms with van der Waals surface area (Å²) in [6.45, 7) is 6.51. The zero-order valence-electron chi connectivity index (χ0n) is 12.3. The van der Waals surface area contributed by atoms with Crippen LogP contribution in [0.4, 0.5) is 0 Å². The smallest absolute Gasteiger partial charge is 0.267 e. The number of amides is 1. The van der Waals surface area contributed by atoms with Gasteiger partial charge >= 0.3 is 0 Å². The van der Waals surface area contributed by atoms with Crippen LogP contribution >= 0.6 is 15.9 Å². The number of carbonyl (C=O) groups is 1. The first-order valence-corrected chi connectivity index (χ1v) is 7.57. The Morgan fingerprint density at radius 2 is 2.15 bits per heavy atom. The van der Waals surface area contributed by atoms with Gasteiger partial charge in [0.2, 0.25) is 0 Å². The maximum atomic E-state index is 12.1. The lowest BCUT2D eigenvalue weighted by atomic mass is 10.3. The predicted molar refractivity (Wildman–Crippen MR) is 82.2 cm³/mol. The molecule has 0 radical (unpaired) electrons. The zero-order valence-corrected chi connectivity index (χ0v) is 13.9. The van der Waals surface area contributed by atoms with Crippen LogP contribution < -0.4 is 5.32 Å². The lowest BCUT2D eigenvalue weighted by Crippen LogP contribution is -2.27. The van der Waals surface area contributed by atoms with Gasteiger partial charge < -0.3 is 19.4 Å². The van der Waals surface area contributed by atoms with E-state index in [4.69, 9.17) is 9.47 Å². The lowest BCUT2D eigenvalue weighted by molar-refractivity contribution is 0.0688. The van der Waals surface area contributed by atoms with Crippen LogP contribution in [0.1, 0.15) is 36.8 Å². The van der Waals surface area contributed by atoms with Gasteiger partial charge in [0.05, 0.1) is 13.2 Å². The Balaban J connectivity index is 2.32. The number of nitrogens with one attached hydrogen (secondary N) is 1. The molecule has 1 aromatic heterocycles. The van der Waals surface area contributed by atoms with Crippen molar-refractivity contribution in [1.82, 2.24) is 9.88 Å². The van der Waals surface area contributed by atoms with Crippen molar-refractivity contribution in [3.63, 3.8) is 0 Å². The Kier molecular flexibility index (Phi) is 7.87. The summed E-state index contributed by atoms with van der Waals surface area (Å²) in [4.78, 5) is 12.1. The van der Waals surface area contributed by atoms with Crippen molar-refractivity contribution in [1.29, 1.82) is 0 Å². The van der Waals surface area contributed by atoms with Crippen LogP contribution in [0.15, 0.2) is 16.7 Å². The standard InChI is InChI=1S/C14H23BrN2O3/c1-11(2)17-10-12(15)9-13(17)14(18)16-5-4-6-20-8-7-19-3/h9-11H,4-8H2,1-3H3,(H,16,18). The SMILES string of the molecule is COCCOCCCNC(=O)c1cc(Br)cn1C(C)C. The molecule has 0 saturated carbocycles. The van der Waals surface area contributed by atoms with Crippen molar-refractivity contribution in [2.75, 3.05) is 33.5 Å². The van der Waals surface area contributed by atoms with Crippen molar-refractivity contribution in [2.24, 2.45) is 0 Å². The van der Waals surface area contributed by atoms with Crippen LogP contribution in [-0.2, 0) is 9.47 Å². The molecule has 20 heavy (non-hydrogen) atoms. The second kappa shape index (κ2) is 9.15. The molecule has 0 atom stereocenters. The van der Waals surface area contributed by atoms with Crippen LogP contribution in [0, 0.1) is 0 Å². The van der Waals surface area contributed by atoms with E-state index in [0.29, 0.717) is 32.1 Å². The highest BCUT2D eigenvalue weighted by atomic mass is 79.9. The number of aromatic nitrogens is 1. The summed E-state index contributed by atoms with van der Waals surface area (Å²) in [5, 5.41) is 2.91. The Labute approximate surface area is 128 Å². The lowest BCUT2D eigenvalue weighted by Gasteiger charge is -2.12. The topological polar surface area (TPSA) is 52.5 Å². The van der Waals surface area contributed by atoms with E-state index in [-0.39, 0.29) is 11.9 Å². The van der Waals surface area contributed by atoms with E-state index in [2.05, 4.69) is 21.2 Å². The van der Waals surface area contributed by atoms with E-state index in [1.165, 1.54) is 0 Å². The number of hydrogen-bond donors (Lipinski definition) is 1. The van der Waals surface area contributed by atoms with Gasteiger partial charge in [0.25, 0.3) is 5.91 Å². The van der Waals surface area contributed by atoms with Gasteiger partial charge in [-0.3, -0.25) is 4.79 Å². The van der Waals surface area contributed by atoms with Crippen LogP contribution in [0.3, 0.4) is 0 Å². The van der Waals surface area contributed by atoms with Gasteiger partial charge in [-0.05, 0) is 42.3 Å². The number of rotatable bonds is 9. The number of nitrogens with zero attached hydrogens (tertiary/aromatic N) is 1. The van der Waals surface area contributed by atoms with Crippen LogP contribution in [0.2, 0.25) is 0 Å². The summed E-state index contributed by atoms with van der Waals surface area (Å²) in [6, 6.07) is 2.09. The largest absolute Gasteiger partial charge is 0.382 e. The fraction of sp³-hybridized carbons (Fsp3) is 0.643. The maximum Gasteiger partial charge on any atom is 0.267 e. The van der Waals surface area contributed by atoms with Crippen molar-refractivity contribution >= 4 is 21.8 Å². The van der Waals surface area contributed by atoms with E-state index >= 15 is 0 Å². The van der Waals surface area contributed by atoms with E-state index < -0.39 is 0 Å². The first-order chi connectivity index (χ1) is 9.56. The summed E-state index contributed by atoms with van der Waals surface area (Å²) < 4.78 is 13.1. The molecule has 1 N–H and O–H groups in total. The second-order valence-electron chi connectivity index (χ2n) is 4.76. The van der Waals surface area contributed by atoms with Gasteiger partial charge in [0, 0.05) is 37.0 Å². The summed E-state index contributed by atoms with van der Waals surface area (Å²) >= 11 is 3.40. The molecule has 0 aliphatic carbocycles. The monoisotopic (exact) mass is 346 g/mol. The minimum Gasteiger partial charge on any atom is -0.382 e. The van der Waals surface area contributed by atoms with Gasteiger partial charge in [-0.15, -0.1) is 0 Å². The van der Waals surface area contributed by atoms with Crippen molar-refractivity contribution in [3.8, 4) is 0 Å². The third-order valence-electron chi connectivity index (χ3n) is 2.79. The Morgan fingerprint density at radius 1 is 1.40 bits per heavy atom. The van der Waals surface area contributed by atoms with E-state index in [1.807, 2.05) is 30.7 Å². The summed E-state index contributed by atoms with van der Waals surface area (Å²) in [5.41, 5.74) is 0.673. The molecule has 5 nitrogen and oxygen atoms in total. The van der Waals surface area contributed by atoms with Crippen LogP contribution in [0.5, 0.6) is 0 Å². The average molecular weight is 347 g/mol. The van der Waals surface area contributed by atoms with Gasteiger partial charge in [0.15, 0.2) is 0 Å². The molecule has 0 aliphatic rings. The Hall–Kier alpha value is -0.850. The number of methoxy groups -OCH3 is 1. The molecule has 0 fully saturated rings. The summed E-state index contributed by atoms with van der Waals surface area (Å²) in [7, 11) is 1.64. The molecule has 0 aromatic carbocycles. The van der Waals surface area contributed by atoms with Crippen LogP contribution in [0.25, 0.3) is 0 Å². The Morgan fingerprint density at radius 3 is 2.80 bits per heavy atom. The molecule has 1 heterocycles. The maximum absolute atomic E-state index is 12.1. The van der Waals surface area contributed by atoms with E-state index in [9.17, 15) is 4.79 Å². The van der Waals surface area contributed by atoms with Crippen molar-refractivity contribution < 1.29 is 14.3 Å². The molecule has 0 unspecified atom stereocenters. The average Bonchev–Trinajstić information content (AvgIpc) is 2.80. The molecule has 6 heteroatoms. The normalized spacial score (nSPS) is 11.1. The predicted octanol–water partition coefficient (Wildman–Crippen LogP) is 2.61. The van der Waals surface area contributed by atoms with Crippen molar-refractivity contribution in [3.05, 3.63) is 22.4 Å². The molecule has 1 amide bonds. The third-order valence-corrected chi connectivity index (χ3v) is 3.22. The molecule has 0 spiro atoms. The number of hydrogen-bond acceptors (Lipinski definition) is 3. The molecular formula is C14H23BrN2O3. The van der Waals surface area contributed by atoms with Gasteiger partial charge in [-0.25, -0.2) is 0 Å². The minimum atomic E-state index is -0.0544. The Bertz CT molecular complexity index is 419. The van der Waals surface area contributed by atoms with E-state index in [1.54, 1.807) is 7.11 Å². The quantitative estimate of drug-likeness (QED) is 0.699. The minimum absolute atomic E-state index is 0.0544. The molecule has 0 bridgehead atoms. The fourth-order valence-corrected chi connectivity index (χ4v) is 2.20. The summed E-state index contributed by atoms with van der Waals surface area (Å²) in [6.07, 6.45) is 2.71. The van der Waals surface area contributed by atoms with Crippen molar-refractivity contribution in [2.45, 2.75) is 26.3 Å². The molecule has 1 rings (SSSR count). The van der Waals surface area contributed by atoms with Gasteiger partial charge in [-0.2, -0.15) is 0 Å². The first-order valence-electron chi connectivity index (χ1n) is 6.78. The summed E-state index contributed by atoms with van der Waals surface area (Å²) in [5.74, 6) is -0.0544. The first kappa shape index (κ1) is 17.2. The highest BCUT2D eigenvalue weighted by molar-refractivity contribution is 9.10. The molecule has 1 aromatic rings. The van der Waals surface area contributed by atoms with Crippen LogP contribution in [-0.4, -0.2) is 43.9 Å². The number of halogens is 1. The number of ether oxygens (including phenoxy) is 2. The van der Waals surface area contributed by atoms with Gasteiger partial charge in [0.1, 0.15) is 5.69 Å². The molecule has 114 valence electrons. The third kappa shape index (κ3) is 5.64. The fourth-order valence-electron chi connectivity index (χ4n) is 1.77. The van der Waals surface area contributed by atoms with Gasteiger partial charge in [-0.1, -0.05) is 0 Å². The second-order valence-corrected chi connectivity index (χ2v) is 5.67. The molecular weight excluding hydrogens is 324 g/mol. The molecule has 0 saturated heterocycles. The number of carbonyl (C=O) groups excluding carboxylic acids is 1. The highest BCUT2D eigenvalue weighted by Gasteiger charge is 2.14. The van der Waals surface area contributed by atoms with E-state index in [0.717, 1.165) is 10.9 Å². The highest BCUT2D eigenvalue weighted by Crippen LogP contribution is 2.19. The zero-order chi connectivity index (χ0) is 15.0. The molecule has 0 aliphatic heterocycles.